The van der Waals surface area contributed by atoms with Gasteiger partial charge in [0.25, 0.3) is 0 Å². The number of nitrogens with zero attached hydrogens (tertiary/aromatic N) is 1. The van der Waals surface area contributed by atoms with E-state index < -0.39 is 12.7 Å². The van der Waals surface area contributed by atoms with Gasteiger partial charge in [0.05, 0.1) is 5.84 Å². The van der Waals surface area contributed by atoms with Gasteiger partial charge in [0, 0.05) is 13.0 Å². The fourth-order valence-corrected chi connectivity index (χ4v) is 0.838. The Morgan fingerprint density at radius 3 is 2.08 bits per heavy atom. The third-order valence-electron chi connectivity index (χ3n) is 1.47. The number of rotatable bonds is 3. The lowest BCUT2D eigenvalue weighted by Gasteiger charge is -2.23. The van der Waals surface area contributed by atoms with E-state index >= 15 is 0 Å². The van der Waals surface area contributed by atoms with Crippen LogP contribution in [0, 0.1) is 5.41 Å². The maximum absolute atomic E-state index is 11.9. The minimum atomic E-state index is -4.21. The molecule has 0 saturated heterocycles. The number of amidine groups is 1. The molecular weight excluding hydrogens is 169 g/mol. The molecule has 72 valence electrons. The molecule has 0 spiro atoms. The van der Waals surface area contributed by atoms with E-state index in [0.717, 1.165) is 4.90 Å². The first-order chi connectivity index (χ1) is 5.40. The quantitative estimate of drug-likeness (QED) is 0.526. The fraction of sp³-hybridized carbons (Fsp3) is 0.857. The van der Waals surface area contributed by atoms with Crippen LogP contribution in [0.15, 0.2) is 0 Å². The van der Waals surface area contributed by atoms with E-state index in [9.17, 15) is 13.2 Å². The molecule has 0 rings (SSSR count). The maximum Gasteiger partial charge on any atom is 0.405 e. The molecule has 0 bridgehead atoms. The van der Waals surface area contributed by atoms with E-state index in [1.165, 1.54) is 0 Å². The molecule has 0 aromatic carbocycles. The van der Waals surface area contributed by atoms with E-state index in [1.807, 2.05) is 0 Å². The summed E-state index contributed by atoms with van der Waals surface area (Å²) >= 11 is 0. The van der Waals surface area contributed by atoms with Crippen LogP contribution in [0.25, 0.3) is 0 Å². The summed E-state index contributed by atoms with van der Waals surface area (Å²) in [6, 6.07) is 0. The molecule has 0 aliphatic carbocycles. The van der Waals surface area contributed by atoms with Crippen molar-refractivity contribution >= 4 is 5.84 Å². The van der Waals surface area contributed by atoms with E-state index in [2.05, 4.69) is 0 Å². The molecule has 12 heavy (non-hydrogen) atoms. The van der Waals surface area contributed by atoms with Crippen molar-refractivity contribution in [3.05, 3.63) is 0 Å². The Bertz CT molecular complexity index is 153. The highest BCUT2D eigenvalue weighted by molar-refractivity contribution is 5.78. The van der Waals surface area contributed by atoms with Crippen LogP contribution in [-0.4, -0.2) is 30.0 Å². The van der Waals surface area contributed by atoms with Crippen LogP contribution in [0.5, 0.6) is 0 Å². The van der Waals surface area contributed by atoms with E-state index in [4.69, 9.17) is 5.41 Å². The van der Waals surface area contributed by atoms with Gasteiger partial charge in [0.2, 0.25) is 0 Å². The first kappa shape index (κ1) is 11.3. The summed E-state index contributed by atoms with van der Waals surface area (Å²) in [5.41, 5.74) is 0. The smallest absolute Gasteiger partial charge is 0.352 e. The standard InChI is InChI=1S/C7H13F3N2/c1-3-6(11)12(4-2)5-7(8,9)10/h11H,3-5H2,1-2H3. The zero-order chi connectivity index (χ0) is 9.78. The highest BCUT2D eigenvalue weighted by atomic mass is 19.4. The van der Waals surface area contributed by atoms with Gasteiger partial charge in [-0.15, -0.1) is 0 Å². The summed E-state index contributed by atoms with van der Waals surface area (Å²) in [6.45, 7) is 2.49. The number of hydrogen-bond donors (Lipinski definition) is 1. The molecular formula is C7H13F3N2. The number of nitrogens with one attached hydrogen (secondary N) is 1. The topological polar surface area (TPSA) is 27.1 Å². The predicted molar refractivity (Wildman–Crippen MR) is 41.3 cm³/mol. The van der Waals surface area contributed by atoms with E-state index in [-0.39, 0.29) is 12.4 Å². The number of hydrogen-bond acceptors (Lipinski definition) is 1. The Kier molecular flexibility index (Phi) is 4.06. The summed E-state index contributed by atoms with van der Waals surface area (Å²) in [7, 11) is 0. The third-order valence-corrected chi connectivity index (χ3v) is 1.47. The largest absolute Gasteiger partial charge is 0.405 e. The van der Waals surface area contributed by atoms with Crippen LogP contribution < -0.4 is 0 Å². The first-order valence-electron chi connectivity index (χ1n) is 3.79. The van der Waals surface area contributed by atoms with E-state index in [1.54, 1.807) is 13.8 Å². The maximum atomic E-state index is 11.9. The molecule has 0 saturated carbocycles. The highest BCUT2D eigenvalue weighted by Gasteiger charge is 2.30. The zero-order valence-corrected chi connectivity index (χ0v) is 7.20. The van der Waals surface area contributed by atoms with E-state index in [0.29, 0.717) is 6.42 Å². The molecule has 0 amide bonds. The molecule has 0 atom stereocenters. The van der Waals surface area contributed by atoms with Gasteiger partial charge in [0.15, 0.2) is 0 Å². The SMILES string of the molecule is CCC(=N)N(CC)CC(F)(F)F. The molecule has 0 unspecified atom stereocenters. The Balaban J connectivity index is 4.09. The summed E-state index contributed by atoms with van der Waals surface area (Å²) in [4.78, 5) is 1.01. The minimum Gasteiger partial charge on any atom is -0.352 e. The average Bonchev–Trinajstić information content (AvgIpc) is 1.97. The Morgan fingerprint density at radius 1 is 1.33 bits per heavy atom. The van der Waals surface area contributed by atoms with Crippen LogP contribution in [0.3, 0.4) is 0 Å². The molecule has 0 aromatic heterocycles. The lowest BCUT2D eigenvalue weighted by molar-refractivity contribution is -0.137. The minimum absolute atomic E-state index is 0.0369. The summed E-state index contributed by atoms with van der Waals surface area (Å²) in [5, 5.41) is 7.20. The second kappa shape index (κ2) is 4.33. The van der Waals surface area contributed by atoms with Gasteiger partial charge in [0.1, 0.15) is 6.54 Å². The monoisotopic (exact) mass is 182 g/mol. The average molecular weight is 182 g/mol. The molecule has 0 aliphatic heterocycles. The summed E-state index contributed by atoms with van der Waals surface area (Å²) < 4.78 is 35.6. The predicted octanol–water partition coefficient (Wildman–Crippen LogP) is 2.26. The van der Waals surface area contributed by atoms with Crippen molar-refractivity contribution in [2.45, 2.75) is 26.4 Å². The molecule has 0 aromatic rings. The molecule has 5 heteroatoms. The van der Waals surface area contributed by atoms with Gasteiger partial charge in [-0.1, -0.05) is 6.92 Å². The summed E-state index contributed by atoms with van der Waals surface area (Å²) in [6.07, 6.45) is -3.87. The fourth-order valence-electron chi connectivity index (χ4n) is 0.838. The molecule has 1 N–H and O–H groups in total. The van der Waals surface area contributed by atoms with Crippen LogP contribution in [0.1, 0.15) is 20.3 Å². The van der Waals surface area contributed by atoms with Gasteiger partial charge < -0.3 is 4.90 Å². The van der Waals surface area contributed by atoms with Crippen LogP contribution in [-0.2, 0) is 0 Å². The van der Waals surface area contributed by atoms with Crippen molar-refractivity contribution in [3.8, 4) is 0 Å². The van der Waals surface area contributed by atoms with Crippen LogP contribution >= 0.6 is 0 Å². The number of alkyl halides is 3. The van der Waals surface area contributed by atoms with Crippen molar-refractivity contribution in [1.82, 2.24) is 4.90 Å². The van der Waals surface area contributed by atoms with Crippen LogP contribution in [0.2, 0.25) is 0 Å². The molecule has 0 aliphatic rings. The van der Waals surface area contributed by atoms with Gasteiger partial charge in [-0.2, -0.15) is 13.2 Å². The van der Waals surface area contributed by atoms with Crippen molar-refractivity contribution in [2.75, 3.05) is 13.1 Å². The second-order valence-electron chi connectivity index (χ2n) is 2.43. The van der Waals surface area contributed by atoms with Gasteiger partial charge >= 0.3 is 6.18 Å². The summed E-state index contributed by atoms with van der Waals surface area (Å²) in [5.74, 6) is 0.0369. The molecule has 2 nitrogen and oxygen atoms in total. The van der Waals surface area contributed by atoms with Gasteiger partial charge in [-0.25, -0.2) is 0 Å². The number of halogens is 3. The van der Waals surface area contributed by atoms with Gasteiger partial charge in [-0.3, -0.25) is 5.41 Å². The Hall–Kier alpha value is -0.740. The lowest BCUT2D eigenvalue weighted by Crippen LogP contribution is -2.37. The Labute approximate surface area is 69.9 Å². The third kappa shape index (κ3) is 4.20. The Morgan fingerprint density at radius 2 is 1.83 bits per heavy atom. The first-order valence-corrected chi connectivity index (χ1v) is 3.79. The van der Waals surface area contributed by atoms with Crippen LogP contribution in [0.4, 0.5) is 13.2 Å². The van der Waals surface area contributed by atoms with Crippen molar-refractivity contribution < 1.29 is 13.2 Å². The molecule has 0 heterocycles. The lowest BCUT2D eigenvalue weighted by atomic mass is 10.3. The van der Waals surface area contributed by atoms with Crippen molar-refractivity contribution in [2.24, 2.45) is 0 Å². The second-order valence-corrected chi connectivity index (χ2v) is 2.43. The van der Waals surface area contributed by atoms with Gasteiger partial charge in [-0.05, 0) is 6.92 Å². The van der Waals surface area contributed by atoms with Crippen molar-refractivity contribution in [1.29, 1.82) is 5.41 Å². The highest BCUT2D eigenvalue weighted by Crippen LogP contribution is 2.16. The molecule has 0 radical (unpaired) electrons. The zero-order valence-electron chi connectivity index (χ0n) is 7.20. The van der Waals surface area contributed by atoms with Crippen molar-refractivity contribution in [3.63, 3.8) is 0 Å². The molecule has 0 fully saturated rings. The normalized spacial score (nSPS) is 11.4.